The molecule has 0 bridgehead atoms. The molecule has 1 spiro atoms. The fraction of sp³-hybridized carbons (Fsp3) is 0.611. The van der Waals surface area contributed by atoms with E-state index in [1.807, 2.05) is 12.3 Å². The maximum atomic E-state index is 12.5. The first-order valence-corrected chi connectivity index (χ1v) is 8.79. The molecule has 2 aromatic rings. The van der Waals surface area contributed by atoms with Crippen molar-refractivity contribution in [2.75, 3.05) is 25.0 Å². The van der Waals surface area contributed by atoms with E-state index >= 15 is 0 Å². The summed E-state index contributed by atoms with van der Waals surface area (Å²) in [5.41, 5.74) is 1.12. The van der Waals surface area contributed by atoms with E-state index in [0.717, 1.165) is 29.9 Å². The van der Waals surface area contributed by atoms with Crippen molar-refractivity contribution in [2.24, 2.45) is 11.3 Å². The Morgan fingerprint density at radius 1 is 1.46 bits per heavy atom. The van der Waals surface area contributed by atoms with Crippen LogP contribution in [0.25, 0.3) is 11.0 Å². The lowest BCUT2D eigenvalue weighted by Gasteiger charge is -2.30. The molecule has 1 aliphatic heterocycles. The molecular weight excluding hydrogens is 302 g/mol. The van der Waals surface area contributed by atoms with Crippen LogP contribution < -0.4 is 4.90 Å². The molecule has 6 heteroatoms. The smallest absolute Gasteiger partial charge is 0.222 e. The normalized spacial score (nSPS) is 21.8. The maximum absolute atomic E-state index is 12.5. The first kappa shape index (κ1) is 15.4. The van der Waals surface area contributed by atoms with Crippen LogP contribution in [0.3, 0.4) is 0 Å². The third-order valence-electron chi connectivity index (χ3n) is 5.57. The lowest BCUT2D eigenvalue weighted by molar-refractivity contribution is -0.131. The Labute approximate surface area is 142 Å². The molecule has 1 N–H and O–H groups in total. The number of nitrogens with zero attached hydrogens (tertiary/aromatic N) is 4. The van der Waals surface area contributed by atoms with Gasteiger partial charge >= 0.3 is 0 Å². The van der Waals surface area contributed by atoms with Gasteiger partial charge in [-0.3, -0.25) is 4.79 Å². The second-order valence-electron chi connectivity index (χ2n) is 7.80. The summed E-state index contributed by atoms with van der Waals surface area (Å²) in [6.45, 7) is 5.91. The van der Waals surface area contributed by atoms with Crippen LogP contribution in [-0.4, -0.2) is 51.9 Å². The van der Waals surface area contributed by atoms with E-state index in [1.54, 1.807) is 6.33 Å². The molecule has 6 nitrogen and oxygen atoms in total. The van der Waals surface area contributed by atoms with Gasteiger partial charge in [0.15, 0.2) is 0 Å². The fourth-order valence-electron chi connectivity index (χ4n) is 4.09. The Hall–Kier alpha value is -2.11. The number of carbonyl (C=O) groups is 1. The summed E-state index contributed by atoms with van der Waals surface area (Å²) >= 11 is 0. The van der Waals surface area contributed by atoms with Gasteiger partial charge < -0.3 is 14.8 Å². The monoisotopic (exact) mass is 327 g/mol. The van der Waals surface area contributed by atoms with Crippen molar-refractivity contribution in [1.29, 1.82) is 0 Å². The van der Waals surface area contributed by atoms with Crippen LogP contribution in [0.1, 0.15) is 33.1 Å². The highest BCUT2D eigenvalue weighted by Crippen LogP contribution is 2.55. The van der Waals surface area contributed by atoms with Crippen molar-refractivity contribution in [1.82, 2.24) is 19.9 Å². The summed E-state index contributed by atoms with van der Waals surface area (Å²) in [6.07, 6.45) is 6.56. The summed E-state index contributed by atoms with van der Waals surface area (Å²) in [5.74, 6) is 1.66. The third-order valence-corrected chi connectivity index (χ3v) is 5.57. The molecule has 1 aliphatic carbocycles. The Kier molecular flexibility index (Phi) is 3.51. The number of likely N-dealkylation sites (N-methyl/N-ethyl adjacent to an activating group) is 1. The van der Waals surface area contributed by atoms with Gasteiger partial charge in [-0.2, -0.15) is 0 Å². The molecular formula is C18H25N5O. The highest BCUT2D eigenvalue weighted by Gasteiger charge is 2.57. The van der Waals surface area contributed by atoms with E-state index in [9.17, 15) is 4.79 Å². The number of fused-ring (bicyclic) bond motifs is 1. The average molecular weight is 327 g/mol. The van der Waals surface area contributed by atoms with Crippen LogP contribution >= 0.6 is 0 Å². The summed E-state index contributed by atoms with van der Waals surface area (Å²) in [5, 5.41) is 1.04. The number of anilines is 1. The number of hydrogen-bond acceptors (Lipinski definition) is 4. The lowest BCUT2D eigenvalue weighted by Crippen LogP contribution is -2.40. The van der Waals surface area contributed by atoms with E-state index in [4.69, 9.17) is 0 Å². The highest BCUT2D eigenvalue weighted by atomic mass is 16.2. The number of rotatable bonds is 4. The Bertz CT molecular complexity index is 764. The zero-order chi connectivity index (χ0) is 16.9. The van der Waals surface area contributed by atoms with Crippen LogP contribution in [0.4, 0.5) is 5.82 Å². The number of likely N-dealkylation sites (tertiary alicyclic amines) is 1. The maximum Gasteiger partial charge on any atom is 0.222 e. The van der Waals surface area contributed by atoms with Gasteiger partial charge in [0.05, 0.1) is 11.4 Å². The van der Waals surface area contributed by atoms with Gasteiger partial charge in [0.25, 0.3) is 0 Å². The number of carbonyl (C=O) groups excluding carboxylic acids is 1. The van der Waals surface area contributed by atoms with E-state index in [1.165, 1.54) is 12.8 Å². The van der Waals surface area contributed by atoms with Gasteiger partial charge in [-0.05, 0) is 24.8 Å². The summed E-state index contributed by atoms with van der Waals surface area (Å²) < 4.78 is 0. The molecule has 1 saturated carbocycles. The molecule has 1 atom stereocenters. The minimum atomic E-state index is 0.259. The molecule has 1 saturated heterocycles. The summed E-state index contributed by atoms with van der Waals surface area (Å²) in [7, 11) is 2.11. The Morgan fingerprint density at radius 2 is 2.25 bits per heavy atom. The van der Waals surface area contributed by atoms with Crippen molar-refractivity contribution in [3.8, 4) is 0 Å². The number of nitrogens with one attached hydrogen (secondary N) is 1. The van der Waals surface area contributed by atoms with Gasteiger partial charge in [-0.1, -0.05) is 13.8 Å². The molecule has 4 rings (SSSR count). The van der Waals surface area contributed by atoms with E-state index in [-0.39, 0.29) is 5.41 Å². The molecule has 2 fully saturated rings. The van der Waals surface area contributed by atoms with Crippen molar-refractivity contribution >= 4 is 22.8 Å². The number of hydrogen-bond donors (Lipinski definition) is 1. The third kappa shape index (κ3) is 2.44. The summed E-state index contributed by atoms with van der Waals surface area (Å²) in [4.78, 5) is 28.8. The van der Waals surface area contributed by atoms with Gasteiger partial charge in [-0.25, -0.2) is 9.97 Å². The van der Waals surface area contributed by atoms with E-state index < -0.39 is 0 Å². The van der Waals surface area contributed by atoms with Crippen molar-refractivity contribution in [3.05, 3.63) is 18.6 Å². The predicted octanol–water partition coefficient (Wildman–Crippen LogP) is 2.43. The fourth-order valence-corrected chi connectivity index (χ4v) is 4.09. The largest absolute Gasteiger partial charge is 0.354 e. The SMILES string of the molecule is CC(C)CC(=O)N1CC(N(C)c2ncnc3[nH]ccc23)C2(CC2)C1. The second kappa shape index (κ2) is 5.46. The molecule has 128 valence electrons. The molecule has 0 radical (unpaired) electrons. The molecule has 2 aromatic heterocycles. The van der Waals surface area contributed by atoms with Gasteiger partial charge in [-0.15, -0.1) is 0 Å². The zero-order valence-corrected chi connectivity index (χ0v) is 14.6. The van der Waals surface area contributed by atoms with Crippen molar-refractivity contribution in [3.63, 3.8) is 0 Å². The minimum Gasteiger partial charge on any atom is -0.354 e. The van der Waals surface area contributed by atoms with E-state index in [0.29, 0.717) is 24.3 Å². The summed E-state index contributed by atoms with van der Waals surface area (Å²) in [6, 6.07) is 2.36. The van der Waals surface area contributed by atoms with Crippen LogP contribution in [0.2, 0.25) is 0 Å². The average Bonchev–Trinajstić information content (AvgIpc) is 2.98. The highest BCUT2D eigenvalue weighted by molar-refractivity contribution is 5.87. The predicted molar refractivity (Wildman–Crippen MR) is 93.8 cm³/mol. The number of amides is 1. The Morgan fingerprint density at radius 3 is 2.96 bits per heavy atom. The standard InChI is InChI=1S/C18H25N5O/c1-12(2)8-15(24)23-9-14(18(10-23)5-6-18)22(3)17-13-4-7-19-16(13)20-11-21-17/h4,7,11-12,14H,5-6,8-10H2,1-3H3,(H,19,20,21). The molecule has 1 amide bonds. The number of H-pyrrole nitrogens is 1. The second-order valence-corrected chi connectivity index (χ2v) is 7.80. The van der Waals surface area contributed by atoms with E-state index in [2.05, 4.69) is 45.6 Å². The van der Waals surface area contributed by atoms with Gasteiger partial charge in [0.2, 0.25) is 5.91 Å². The molecule has 2 aliphatic rings. The molecule has 0 aromatic carbocycles. The van der Waals surface area contributed by atoms with Gasteiger partial charge in [0, 0.05) is 38.2 Å². The molecule has 1 unspecified atom stereocenters. The quantitative estimate of drug-likeness (QED) is 0.937. The molecule has 24 heavy (non-hydrogen) atoms. The minimum absolute atomic E-state index is 0.259. The van der Waals surface area contributed by atoms with Crippen LogP contribution in [0.5, 0.6) is 0 Å². The first-order chi connectivity index (χ1) is 11.5. The zero-order valence-electron chi connectivity index (χ0n) is 14.6. The lowest BCUT2D eigenvalue weighted by atomic mass is 9.99. The first-order valence-electron chi connectivity index (χ1n) is 8.79. The van der Waals surface area contributed by atoms with Crippen LogP contribution in [0, 0.1) is 11.3 Å². The molecule has 3 heterocycles. The van der Waals surface area contributed by atoms with Crippen molar-refractivity contribution in [2.45, 2.75) is 39.2 Å². The van der Waals surface area contributed by atoms with Crippen LogP contribution in [0.15, 0.2) is 18.6 Å². The number of aromatic amines is 1. The Balaban J connectivity index is 1.59. The number of aromatic nitrogens is 3. The van der Waals surface area contributed by atoms with Gasteiger partial charge in [0.1, 0.15) is 17.8 Å². The topological polar surface area (TPSA) is 65.1 Å². The van der Waals surface area contributed by atoms with Crippen LogP contribution in [-0.2, 0) is 4.79 Å². The van der Waals surface area contributed by atoms with Crippen molar-refractivity contribution < 1.29 is 4.79 Å².